The lowest BCUT2D eigenvalue weighted by atomic mass is 10.1. The van der Waals surface area contributed by atoms with Gasteiger partial charge in [-0.2, -0.15) is 0 Å². The van der Waals surface area contributed by atoms with Crippen molar-refractivity contribution in [2.24, 2.45) is 0 Å². The number of nitrogens with zero attached hydrogens (tertiary/aromatic N) is 4. The van der Waals surface area contributed by atoms with E-state index in [-0.39, 0.29) is 18.3 Å². The zero-order valence-corrected chi connectivity index (χ0v) is 21.3. The molecule has 2 aromatic rings. The molecule has 2 N–H and O–H groups in total. The highest BCUT2D eigenvalue weighted by Crippen LogP contribution is 2.31. The van der Waals surface area contributed by atoms with E-state index in [0.29, 0.717) is 30.5 Å². The second kappa shape index (κ2) is 13.2. The topological polar surface area (TPSA) is 84.2 Å². The average molecular weight is 490 g/mol. The van der Waals surface area contributed by atoms with Gasteiger partial charge in [-0.05, 0) is 37.7 Å². The van der Waals surface area contributed by atoms with Gasteiger partial charge >= 0.3 is 0 Å². The summed E-state index contributed by atoms with van der Waals surface area (Å²) >= 11 is 0. The molecular weight excluding hydrogens is 454 g/mol. The van der Waals surface area contributed by atoms with Crippen molar-refractivity contribution in [1.29, 1.82) is 0 Å². The number of likely N-dealkylation sites (N-methyl/N-ethyl adjacent to an activating group) is 2. The van der Waals surface area contributed by atoms with Gasteiger partial charge in [-0.1, -0.05) is 12.1 Å². The van der Waals surface area contributed by atoms with Crippen molar-refractivity contribution in [3.8, 4) is 11.5 Å². The summed E-state index contributed by atoms with van der Waals surface area (Å²) in [5.74, 6) is 1.75. The van der Waals surface area contributed by atoms with Crippen molar-refractivity contribution in [3.63, 3.8) is 0 Å². The van der Waals surface area contributed by atoms with Crippen molar-refractivity contribution in [2.45, 2.75) is 20.0 Å². The predicted octanol–water partition coefficient (Wildman–Crippen LogP) is 2.91. The molecule has 1 amide bonds. The molecule has 0 bridgehead atoms. The zero-order valence-electron chi connectivity index (χ0n) is 20.5. The maximum Gasteiger partial charge on any atom is 0.246 e. The molecule has 34 heavy (non-hydrogen) atoms. The monoisotopic (exact) mass is 489 g/mol. The number of aromatic nitrogens is 1. The van der Waals surface area contributed by atoms with Crippen LogP contribution in [0.2, 0.25) is 0 Å². The molecule has 0 saturated carbocycles. The van der Waals surface area contributed by atoms with Crippen LogP contribution in [0, 0.1) is 0 Å². The van der Waals surface area contributed by atoms with Crippen molar-refractivity contribution in [3.05, 3.63) is 53.2 Å². The Morgan fingerprint density at radius 1 is 1.24 bits per heavy atom. The average Bonchev–Trinajstić information content (AvgIpc) is 2.81. The molecule has 1 aliphatic heterocycles. The number of carbonyl (C=O) groups is 1. The molecule has 3 rings (SSSR count). The highest BCUT2D eigenvalue weighted by molar-refractivity contribution is 5.91. The number of hydrogen-bond acceptors (Lipinski definition) is 7. The van der Waals surface area contributed by atoms with Gasteiger partial charge in [-0.3, -0.25) is 9.69 Å². The molecule has 1 aromatic carbocycles. The first-order valence-electron chi connectivity index (χ1n) is 11.3. The van der Waals surface area contributed by atoms with Crippen LogP contribution in [-0.4, -0.2) is 79.6 Å². The molecule has 1 saturated heterocycles. The molecule has 8 nitrogen and oxygen atoms in total. The van der Waals surface area contributed by atoms with Crippen LogP contribution >= 0.6 is 12.4 Å². The van der Waals surface area contributed by atoms with Crippen LogP contribution in [0.15, 0.2) is 36.5 Å². The van der Waals surface area contributed by atoms with Gasteiger partial charge in [0.1, 0.15) is 5.82 Å². The first-order chi connectivity index (χ1) is 15.9. The van der Waals surface area contributed by atoms with Gasteiger partial charge < -0.3 is 25.0 Å². The van der Waals surface area contributed by atoms with Crippen LogP contribution in [0.25, 0.3) is 6.08 Å². The number of benzene rings is 1. The third-order valence-corrected chi connectivity index (χ3v) is 5.78. The Hall–Kier alpha value is -2.81. The third-order valence-electron chi connectivity index (χ3n) is 5.78. The Labute approximate surface area is 208 Å². The number of anilines is 1. The van der Waals surface area contributed by atoms with Crippen molar-refractivity contribution < 1.29 is 14.3 Å². The van der Waals surface area contributed by atoms with E-state index in [1.807, 2.05) is 31.2 Å². The number of pyridine rings is 1. The number of piperazine rings is 1. The SMILES string of the molecule is CCOc1c(CN(C)C(=O)/C=C/c2cnc(N)c(CN3CCN(C)CC3)c2)cccc1OC.Cl. The summed E-state index contributed by atoms with van der Waals surface area (Å²) in [4.78, 5) is 23.4. The number of halogens is 1. The number of methoxy groups -OCH3 is 1. The van der Waals surface area contributed by atoms with E-state index >= 15 is 0 Å². The third kappa shape index (κ3) is 7.35. The van der Waals surface area contributed by atoms with Crippen molar-refractivity contribution >= 4 is 30.2 Å². The van der Waals surface area contributed by atoms with Gasteiger partial charge in [-0.15, -0.1) is 12.4 Å². The normalized spacial score (nSPS) is 14.6. The summed E-state index contributed by atoms with van der Waals surface area (Å²) in [6, 6.07) is 7.70. The lowest BCUT2D eigenvalue weighted by Crippen LogP contribution is -2.44. The van der Waals surface area contributed by atoms with Gasteiger partial charge in [0.25, 0.3) is 0 Å². The number of nitrogens with two attached hydrogens (primary N) is 1. The van der Waals surface area contributed by atoms with Gasteiger partial charge in [0.15, 0.2) is 11.5 Å². The van der Waals surface area contributed by atoms with E-state index in [9.17, 15) is 4.79 Å². The van der Waals surface area contributed by atoms with Gasteiger partial charge in [-0.25, -0.2) is 4.98 Å². The van der Waals surface area contributed by atoms with E-state index in [2.05, 4.69) is 21.8 Å². The first-order valence-corrected chi connectivity index (χ1v) is 11.3. The summed E-state index contributed by atoms with van der Waals surface area (Å²) in [5.41, 5.74) is 8.85. The quantitative estimate of drug-likeness (QED) is 0.542. The molecule has 0 aliphatic carbocycles. The van der Waals surface area contributed by atoms with Gasteiger partial charge in [0.2, 0.25) is 5.91 Å². The number of hydrogen-bond donors (Lipinski definition) is 1. The zero-order chi connectivity index (χ0) is 23.8. The van der Waals surface area contributed by atoms with Crippen LogP contribution in [0.4, 0.5) is 5.82 Å². The maximum atomic E-state index is 12.8. The van der Waals surface area contributed by atoms with Crippen LogP contribution < -0.4 is 15.2 Å². The second-order valence-electron chi connectivity index (χ2n) is 8.30. The molecule has 0 unspecified atom stereocenters. The summed E-state index contributed by atoms with van der Waals surface area (Å²) < 4.78 is 11.2. The lowest BCUT2D eigenvalue weighted by molar-refractivity contribution is -0.125. The summed E-state index contributed by atoms with van der Waals surface area (Å²) in [5, 5.41) is 0. The van der Waals surface area contributed by atoms with E-state index in [1.165, 1.54) is 0 Å². The minimum absolute atomic E-state index is 0. The van der Waals surface area contributed by atoms with Crippen LogP contribution in [0.5, 0.6) is 11.5 Å². The molecule has 0 radical (unpaired) electrons. The minimum atomic E-state index is -0.113. The highest BCUT2D eigenvalue weighted by Gasteiger charge is 2.16. The highest BCUT2D eigenvalue weighted by atomic mass is 35.5. The Bertz CT molecular complexity index is 977. The Morgan fingerprint density at radius 3 is 2.65 bits per heavy atom. The smallest absolute Gasteiger partial charge is 0.246 e. The summed E-state index contributed by atoms with van der Waals surface area (Å²) in [6.45, 7) is 7.72. The fourth-order valence-corrected chi connectivity index (χ4v) is 3.79. The molecule has 1 fully saturated rings. The first kappa shape index (κ1) is 27.4. The maximum absolute atomic E-state index is 12.8. The van der Waals surface area contributed by atoms with Gasteiger partial charge in [0, 0.05) is 69.7 Å². The van der Waals surface area contributed by atoms with E-state index in [0.717, 1.165) is 49.4 Å². The minimum Gasteiger partial charge on any atom is -0.493 e. The number of nitrogen functional groups attached to an aromatic ring is 1. The number of carbonyl (C=O) groups excluding carboxylic acids is 1. The Kier molecular flexibility index (Phi) is 10.6. The van der Waals surface area contributed by atoms with Crippen molar-refractivity contribution in [1.82, 2.24) is 19.7 Å². The molecule has 0 atom stereocenters. The number of amides is 1. The summed E-state index contributed by atoms with van der Waals surface area (Å²) in [6.07, 6.45) is 5.04. The van der Waals surface area contributed by atoms with E-state index in [1.54, 1.807) is 37.4 Å². The molecule has 2 heterocycles. The van der Waals surface area contributed by atoms with Crippen LogP contribution in [-0.2, 0) is 17.9 Å². The van der Waals surface area contributed by atoms with Crippen molar-refractivity contribution in [2.75, 3.05) is 59.7 Å². The second-order valence-corrected chi connectivity index (χ2v) is 8.30. The largest absolute Gasteiger partial charge is 0.493 e. The molecule has 1 aliphatic rings. The Balaban J connectivity index is 0.00000408. The molecule has 9 heteroatoms. The fourth-order valence-electron chi connectivity index (χ4n) is 3.79. The summed E-state index contributed by atoms with van der Waals surface area (Å²) in [7, 11) is 5.51. The fraction of sp³-hybridized carbons (Fsp3) is 0.440. The van der Waals surface area contributed by atoms with Crippen LogP contribution in [0.3, 0.4) is 0 Å². The lowest BCUT2D eigenvalue weighted by Gasteiger charge is -2.32. The van der Waals surface area contributed by atoms with E-state index in [4.69, 9.17) is 15.2 Å². The molecule has 1 aromatic heterocycles. The number of para-hydroxylation sites is 1. The molecule has 186 valence electrons. The predicted molar refractivity (Wildman–Crippen MR) is 138 cm³/mol. The van der Waals surface area contributed by atoms with E-state index < -0.39 is 0 Å². The number of ether oxygens (including phenoxy) is 2. The Morgan fingerprint density at radius 2 is 1.97 bits per heavy atom. The molecule has 0 spiro atoms. The number of rotatable bonds is 9. The molecular formula is C25H36ClN5O3. The van der Waals surface area contributed by atoms with Gasteiger partial charge in [0.05, 0.1) is 13.7 Å². The standard InChI is InChI=1S/C25H35N5O3.ClH/c1-5-33-24-20(7-6-8-22(24)32-4)17-29(3)23(31)10-9-19-15-21(25(26)27-16-19)18-30-13-11-28(2)12-14-30;/h6-10,15-16H,5,11-14,17-18H2,1-4H3,(H2,26,27);1H/b10-9+;. The van der Waals surface area contributed by atoms with Crippen LogP contribution in [0.1, 0.15) is 23.6 Å².